The summed E-state index contributed by atoms with van der Waals surface area (Å²) in [6.45, 7) is 8.30. The number of carbonyl (C=O) groups excluding carboxylic acids is 1. The number of carbonyl (C=O) groups is 1. The fourth-order valence-electron chi connectivity index (χ4n) is 3.52. The number of hydrogen-bond acceptors (Lipinski definition) is 6. The van der Waals surface area contributed by atoms with E-state index in [1.807, 2.05) is 33.8 Å². The Labute approximate surface area is 174 Å². The second-order valence-electron chi connectivity index (χ2n) is 7.18. The number of nitro groups is 1. The number of benzene rings is 1. The van der Waals surface area contributed by atoms with E-state index in [0.717, 1.165) is 33.6 Å². The van der Waals surface area contributed by atoms with Crippen molar-refractivity contribution < 1.29 is 18.1 Å². The summed E-state index contributed by atoms with van der Waals surface area (Å²) in [6.07, 6.45) is 0. The third-order valence-electron chi connectivity index (χ3n) is 5.40. The first-order chi connectivity index (χ1) is 13.5. The molecule has 8 nitrogen and oxygen atoms in total. The summed E-state index contributed by atoms with van der Waals surface area (Å²) in [7, 11) is -3.68. The number of amides is 1. The molecule has 3 rings (SSSR count). The van der Waals surface area contributed by atoms with Crippen molar-refractivity contribution in [1.82, 2.24) is 9.21 Å². The Kier molecular flexibility index (Phi) is 5.79. The van der Waals surface area contributed by atoms with Crippen molar-refractivity contribution in [1.29, 1.82) is 0 Å². The van der Waals surface area contributed by atoms with Gasteiger partial charge in [0.15, 0.2) is 0 Å². The third-order valence-corrected chi connectivity index (χ3v) is 8.60. The number of nitrogens with zero attached hydrogens (tertiary/aromatic N) is 3. The minimum atomic E-state index is -3.68. The van der Waals surface area contributed by atoms with Gasteiger partial charge in [0.1, 0.15) is 0 Å². The Bertz CT molecular complexity index is 1060. The zero-order chi connectivity index (χ0) is 21.5. The van der Waals surface area contributed by atoms with Crippen LogP contribution in [0.15, 0.2) is 23.1 Å². The van der Waals surface area contributed by atoms with Crippen LogP contribution in [0.1, 0.15) is 31.9 Å². The first-order valence-electron chi connectivity index (χ1n) is 9.15. The fraction of sp³-hybridized carbons (Fsp3) is 0.421. The zero-order valence-corrected chi connectivity index (χ0v) is 18.4. The quantitative estimate of drug-likeness (QED) is 0.541. The number of sulfonamides is 1. The van der Waals surface area contributed by atoms with Crippen LogP contribution in [0.3, 0.4) is 0 Å². The molecule has 29 heavy (non-hydrogen) atoms. The highest BCUT2D eigenvalue weighted by molar-refractivity contribution is 7.89. The fourth-order valence-corrected chi connectivity index (χ4v) is 6.31. The van der Waals surface area contributed by atoms with E-state index in [-0.39, 0.29) is 42.0 Å². The first-order valence-corrected chi connectivity index (χ1v) is 11.4. The van der Waals surface area contributed by atoms with Gasteiger partial charge in [-0.05, 0) is 56.0 Å². The second kappa shape index (κ2) is 7.85. The molecule has 1 aliphatic rings. The summed E-state index contributed by atoms with van der Waals surface area (Å²) in [5, 5.41) is 10.7. The van der Waals surface area contributed by atoms with E-state index in [2.05, 4.69) is 0 Å². The minimum absolute atomic E-state index is 0.0877. The topological polar surface area (TPSA) is 101 Å². The van der Waals surface area contributed by atoms with Gasteiger partial charge in [-0.1, -0.05) is 17.4 Å². The van der Waals surface area contributed by atoms with Crippen molar-refractivity contribution >= 4 is 32.3 Å². The Hall–Kier alpha value is -2.30. The molecular formula is C19H23N3O5S2. The van der Waals surface area contributed by atoms with Gasteiger partial charge in [0.2, 0.25) is 10.0 Å². The van der Waals surface area contributed by atoms with Crippen LogP contribution in [0.5, 0.6) is 0 Å². The lowest BCUT2D eigenvalue weighted by molar-refractivity contribution is -0.380. The summed E-state index contributed by atoms with van der Waals surface area (Å²) < 4.78 is 28.0. The zero-order valence-electron chi connectivity index (χ0n) is 16.8. The summed E-state index contributed by atoms with van der Waals surface area (Å²) in [5.41, 5.74) is 3.36. The standard InChI is InChI=1S/C19H23N3O5S2/c1-12-11-13(2)15(4)18(14(12)3)29(26,27)21-9-7-20(8-10-21)19(23)16-5-6-17(28-16)22(24)25/h5-6,11H,7-10H2,1-4H3. The van der Waals surface area contributed by atoms with Crippen LogP contribution in [0.4, 0.5) is 5.00 Å². The molecule has 1 fully saturated rings. The van der Waals surface area contributed by atoms with Crippen LogP contribution in [0, 0.1) is 37.8 Å². The SMILES string of the molecule is Cc1cc(C)c(C)c(S(=O)(=O)N2CCN(C(=O)c3ccc([N+](=O)[O-])s3)CC2)c1C. The van der Waals surface area contributed by atoms with Crippen LogP contribution >= 0.6 is 11.3 Å². The van der Waals surface area contributed by atoms with Crippen molar-refractivity contribution in [3.05, 3.63) is 55.4 Å². The average molecular weight is 438 g/mol. The molecular weight excluding hydrogens is 414 g/mol. The van der Waals surface area contributed by atoms with Gasteiger partial charge < -0.3 is 4.90 Å². The molecule has 1 saturated heterocycles. The maximum atomic E-state index is 13.3. The molecule has 1 aromatic heterocycles. The van der Waals surface area contributed by atoms with E-state index >= 15 is 0 Å². The molecule has 0 aliphatic carbocycles. The minimum Gasteiger partial charge on any atom is -0.335 e. The lowest BCUT2D eigenvalue weighted by Gasteiger charge is -2.34. The van der Waals surface area contributed by atoms with Crippen LogP contribution in [0.2, 0.25) is 0 Å². The van der Waals surface area contributed by atoms with Crippen molar-refractivity contribution in [2.75, 3.05) is 26.2 Å². The van der Waals surface area contributed by atoms with E-state index < -0.39 is 14.9 Å². The molecule has 0 N–H and O–H groups in total. The second-order valence-corrected chi connectivity index (χ2v) is 10.1. The number of aryl methyl sites for hydroxylation is 2. The molecule has 2 heterocycles. The van der Waals surface area contributed by atoms with Crippen molar-refractivity contribution in [3.63, 3.8) is 0 Å². The molecule has 2 aromatic rings. The van der Waals surface area contributed by atoms with Crippen molar-refractivity contribution in [3.8, 4) is 0 Å². The highest BCUT2D eigenvalue weighted by Crippen LogP contribution is 2.30. The summed E-state index contributed by atoms with van der Waals surface area (Å²) in [5.74, 6) is -0.307. The Balaban J connectivity index is 1.78. The Morgan fingerprint density at radius 3 is 2.07 bits per heavy atom. The number of hydrogen-bond donors (Lipinski definition) is 0. The highest BCUT2D eigenvalue weighted by atomic mass is 32.2. The summed E-state index contributed by atoms with van der Waals surface area (Å²) in [4.78, 5) is 25.1. The third kappa shape index (κ3) is 3.92. The molecule has 0 saturated carbocycles. The van der Waals surface area contributed by atoms with E-state index in [0.29, 0.717) is 4.90 Å². The lowest BCUT2D eigenvalue weighted by Crippen LogP contribution is -2.50. The van der Waals surface area contributed by atoms with Gasteiger partial charge in [-0.2, -0.15) is 4.31 Å². The summed E-state index contributed by atoms with van der Waals surface area (Å²) >= 11 is 0.831. The maximum absolute atomic E-state index is 13.3. The monoisotopic (exact) mass is 437 g/mol. The predicted molar refractivity (Wildman–Crippen MR) is 111 cm³/mol. The molecule has 0 unspecified atom stereocenters. The van der Waals surface area contributed by atoms with Gasteiger partial charge in [0.05, 0.1) is 14.7 Å². The van der Waals surface area contributed by atoms with Gasteiger partial charge in [-0.3, -0.25) is 14.9 Å². The molecule has 0 bridgehead atoms. The molecule has 1 amide bonds. The normalized spacial score (nSPS) is 15.5. The highest BCUT2D eigenvalue weighted by Gasteiger charge is 2.33. The first kappa shape index (κ1) is 21.4. The summed E-state index contributed by atoms with van der Waals surface area (Å²) in [6, 6.07) is 4.74. The molecule has 0 atom stereocenters. The molecule has 0 spiro atoms. The van der Waals surface area contributed by atoms with E-state index in [1.165, 1.54) is 16.4 Å². The van der Waals surface area contributed by atoms with Gasteiger partial charge in [0, 0.05) is 32.2 Å². The van der Waals surface area contributed by atoms with Gasteiger partial charge in [-0.25, -0.2) is 8.42 Å². The van der Waals surface area contributed by atoms with E-state index in [4.69, 9.17) is 0 Å². The Morgan fingerprint density at radius 2 is 1.59 bits per heavy atom. The van der Waals surface area contributed by atoms with Crippen LogP contribution in [-0.2, 0) is 10.0 Å². The maximum Gasteiger partial charge on any atom is 0.324 e. The smallest absolute Gasteiger partial charge is 0.324 e. The average Bonchev–Trinajstić information content (AvgIpc) is 3.16. The lowest BCUT2D eigenvalue weighted by atomic mass is 10.0. The molecule has 10 heteroatoms. The van der Waals surface area contributed by atoms with Gasteiger partial charge in [0.25, 0.3) is 5.91 Å². The van der Waals surface area contributed by atoms with Crippen molar-refractivity contribution in [2.45, 2.75) is 32.6 Å². The van der Waals surface area contributed by atoms with E-state index in [1.54, 1.807) is 4.90 Å². The molecule has 1 aromatic carbocycles. The van der Waals surface area contributed by atoms with Crippen molar-refractivity contribution in [2.24, 2.45) is 0 Å². The molecule has 0 radical (unpaired) electrons. The number of piperazine rings is 1. The number of rotatable bonds is 4. The van der Waals surface area contributed by atoms with Gasteiger partial charge in [-0.15, -0.1) is 0 Å². The van der Waals surface area contributed by atoms with Gasteiger partial charge >= 0.3 is 5.00 Å². The predicted octanol–water partition coefficient (Wildman–Crippen LogP) is 3.04. The van der Waals surface area contributed by atoms with Crippen LogP contribution in [0.25, 0.3) is 0 Å². The number of thiophene rings is 1. The molecule has 1 aliphatic heterocycles. The van der Waals surface area contributed by atoms with Crippen LogP contribution < -0.4 is 0 Å². The molecule has 156 valence electrons. The van der Waals surface area contributed by atoms with Crippen LogP contribution in [-0.4, -0.2) is 54.6 Å². The largest absolute Gasteiger partial charge is 0.335 e. The van der Waals surface area contributed by atoms with E-state index in [9.17, 15) is 23.3 Å². The Morgan fingerprint density at radius 1 is 1.03 bits per heavy atom.